The van der Waals surface area contributed by atoms with Crippen LogP contribution in [-0.4, -0.2) is 36.9 Å². The number of benzene rings is 1. The van der Waals surface area contributed by atoms with E-state index in [2.05, 4.69) is 19.2 Å². The molecule has 0 atom stereocenters. The second-order valence-corrected chi connectivity index (χ2v) is 5.27. The number of hydrogen-bond donors (Lipinski definition) is 1. The zero-order valence-electron chi connectivity index (χ0n) is 13.3. The number of amides is 2. The van der Waals surface area contributed by atoms with Gasteiger partial charge in [-0.15, -0.1) is 0 Å². The van der Waals surface area contributed by atoms with Gasteiger partial charge in [-0.05, 0) is 31.0 Å². The predicted octanol–water partition coefficient (Wildman–Crippen LogP) is 3.09. The predicted molar refractivity (Wildman–Crippen MR) is 85.6 cm³/mol. The molecular formula is C17H26N2O2. The van der Waals surface area contributed by atoms with E-state index in [9.17, 15) is 9.59 Å². The number of unbranched alkanes of at least 4 members (excludes halogenated alkanes) is 2. The first-order valence-corrected chi connectivity index (χ1v) is 7.73. The second-order valence-electron chi connectivity index (χ2n) is 5.27. The summed E-state index contributed by atoms with van der Waals surface area (Å²) in [6.07, 6.45) is 4.04. The van der Waals surface area contributed by atoms with E-state index >= 15 is 0 Å². The van der Waals surface area contributed by atoms with Crippen molar-refractivity contribution in [1.82, 2.24) is 10.2 Å². The van der Waals surface area contributed by atoms with Gasteiger partial charge in [-0.2, -0.15) is 0 Å². The topological polar surface area (TPSA) is 49.4 Å². The van der Waals surface area contributed by atoms with Crippen molar-refractivity contribution in [3.05, 3.63) is 35.4 Å². The SMILES string of the molecule is CCCCNC(=O)c1cccc(C(=O)N(C)CCCC)c1. The molecule has 4 heteroatoms. The third kappa shape index (κ3) is 5.58. The molecule has 0 saturated carbocycles. The van der Waals surface area contributed by atoms with Crippen molar-refractivity contribution >= 4 is 11.8 Å². The monoisotopic (exact) mass is 290 g/mol. The van der Waals surface area contributed by atoms with Gasteiger partial charge in [0.25, 0.3) is 11.8 Å². The fraction of sp³-hybridized carbons (Fsp3) is 0.529. The van der Waals surface area contributed by atoms with Gasteiger partial charge in [0.1, 0.15) is 0 Å². The lowest BCUT2D eigenvalue weighted by atomic mass is 10.1. The van der Waals surface area contributed by atoms with Gasteiger partial charge in [0, 0.05) is 31.3 Å². The molecule has 0 unspecified atom stereocenters. The Balaban J connectivity index is 2.71. The van der Waals surface area contributed by atoms with Crippen molar-refractivity contribution in [2.24, 2.45) is 0 Å². The summed E-state index contributed by atoms with van der Waals surface area (Å²) in [4.78, 5) is 26.0. The zero-order valence-corrected chi connectivity index (χ0v) is 13.3. The maximum absolute atomic E-state index is 12.3. The van der Waals surface area contributed by atoms with Crippen molar-refractivity contribution in [3.63, 3.8) is 0 Å². The van der Waals surface area contributed by atoms with Crippen LogP contribution in [0, 0.1) is 0 Å². The number of nitrogens with zero attached hydrogens (tertiary/aromatic N) is 1. The maximum atomic E-state index is 12.3. The van der Waals surface area contributed by atoms with Crippen LogP contribution in [0.3, 0.4) is 0 Å². The van der Waals surface area contributed by atoms with E-state index in [0.29, 0.717) is 17.7 Å². The summed E-state index contributed by atoms with van der Waals surface area (Å²) in [6, 6.07) is 6.93. The average molecular weight is 290 g/mol. The molecule has 0 aliphatic heterocycles. The second kappa shape index (κ2) is 9.16. The molecular weight excluding hydrogens is 264 g/mol. The minimum absolute atomic E-state index is 0.0355. The number of carbonyl (C=O) groups is 2. The van der Waals surface area contributed by atoms with Crippen molar-refractivity contribution < 1.29 is 9.59 Å². The molecule has 1 aromatic carbocycles. The molecule has 2 amide bonds. The minimum Gasteiger partial charge on any atom is -0.352 e. The van der Waals surface area contributed by atoms with Gasteiger partial charge in [0.15, 0.2) is 0 Å². The summed E-state index contributed by atoms with van der Waals surface area (Å²) in [5.74, 6) is -0.152. The van der Waals surface area contributed by atoms with Crippen LogP contribution < -0.4 is 5.32 Å². The molecule has 1 aromatic rings. The molecule has 0 radical (unpaired) electrons. The molecule has 116 valence electrons. The standard InChI is InChI=1S/C17H26N2O2/c1-4-6-11-18-16(20)14-9-8-10-15(13-14)17(21)19(3)12-7-5-2/h8-10,13H,4-7,11-12H2,1-3H3,(H,18,20). The lowest BCUT2D eigenvalue weighted by molar-refractivity contribution is 0.0793. The Morgan fingerprint density at radius 1 is 1.10 bits per heavy atom. The highest BCUT2D eigenvalue weighted by Gasteiger charge is 2.13. The first kappa shape index (κ1) is 17.2. The van der Waals surface area contributed by atoms with Crippen LogP contribution in [0.5, 0.6) is 0 Å². The molecule has 0 saturated heterocycles. The van der Waals surface area contributed by atoms with Crippen molar-refractivity contribution in [1.29, 1.82) is 0 Å². The smallest absolute Gasteiger partial charge is 0.253 e. The number of carbonyl (C=O) groups excluding carboxylic acids is 2. The van der Waals surface area contributed by atoms with Gasteiger partial charge < -0.3 is 10.2 Å². The summed E-state index contributed by atoms with van der Waals surface area (Å²) in [5.41, 5.74) is 1.11. The summed E-state index contributed by atoms with van der Waals surface area (Å²) < 4.78 is 0. The Hall–Kier alpha value is -1.84. The van der Waals surface area contributed by atoms with Crippen molar-refractivity contribution in [2.45, 2.75) is 39.5 Å². The summed E-state index contributed by atoms with van der Waals surface area (Å²) in [7, 11) is 1.80. The third-order valence-corrected chi connectivity index (χ3v) is 3.38. The first-order chi connectivity index (χ1) is 10.1. The Morgan fingerprint density at radius 2 is 1.76 bits per heavy atom. The number of hydrogen-bond acceptors (Lipinski definition) is 2. The van der Waals surface area contributed by atoms with E-state index in [1.165, 1.54) is 0 Å². The van der Waals surface area contributed by atoms with Crippen molar-refractivity contribution in [2.75, 3.05) is 20.1 Å². The minimum atomic E-state index is -0.116. The van der Waals surface area contributed by atoms with Crippen molar-refractivity contribution in [3.8, 4) is 0 Å². The van der Waals surface area contributed by atoms with Gasteiger partial charge in [0.05, 0.1) is 0 Å². The molecule has 0 aromatic heterocycles. The summed E-state index contributed by atoms with van der Waals surface area (Å²) in [5, 5.41) is 2.87. The molecule has 0 aliphatic rings. The Labute approximate surface area is 127 Å². The summed E-state index contributed by atoms with van der Waals surface area (Å²) >= 11 is 0. The normalized spacial score (nSPS) is 10.2. The quantitative estimate of drug-likeness (QED) is 0.748. The molecule has 0 aliphatic carbocycles. The lowest BCUT2D eigenvalue weighted by Gasteiger charge is -2.17. The van der Waals surface area contributed by atoms with Gasteiger partial charge in [-0.25, -0.2) is 0 Å². The molecule has 21 heavy (non-hydrogen) atoms. The van der Waals surface area contributed by atoms with Crippen LogP contribution in [0.2, 0.25) is 0 Å². The fourth-order valence-electron chi connectivity index (χ4n) is 1.99. The molecule has 0 bridgehead atoms. The van der Waals surface area contributed by atoms with Gasteiger partial charge in [0.2, 0.25) is 0 Å². The van der Waals surface area contributed by atoms with E-state index in [-0.39, 0.29) is 11.8 Å². The van der Waals surface area contributed by atoms with Crippen LogP contribution in [-0.2, 0) is 0 Å². The highest BCUT2D eigenvalue weighted by Crippen LogP contribution is 2.09. The number of rotatable bonds is 8. The highest BCUT2D eigenvalue weighted by atomic mass is 16.2. The Bertz CT molecular complexity index is 472. The molecule has 0 fully saturated rings. The van der Waals surface area contributed by atoms with E-state index in [0.717, 1.165) is 32.2 Å². The fourth-order valence-corrected chi connectivity index (χ4v) is 1.99. The molecule has 4 nitrogen and oxygen atoms in total. The molecule has 0 heterocycles. The van der Waals surface area contributed by atoms with Gasteiger partial charge in [-0.1, -0.05) is 32.8 Å². The maximum Gasteiger partial charge on any atom is 0.253 e. The third-order valence-electron chi connectivity index (χ3n) is 3.38. The van der Waals surface area contributed by atoms with E-state index in [4.69, 9.17) is 0 Å². The van der Waals surface area contributed by atoms with Gasteiger partial charge in [-0.3, -0.25) is 9.59 Å². The molecule has 1 N–H and O–H groups in total. The average Bonchev–Trinajstić information content (AvgIpc) is 2.52. The molecule has 1 rings (SSSR count). The van der Waals surface area contributed by atoms with E-state index in [1.54, 1.807) is 36.2 Å². The van der Waals surface area contributed by atoms with Gasteiger partial charge >= 0.3 is 0 Å². The highest BCUT2D eigenvalue weighted by molar-refractivity contribution is 5.99. The first-order valence-electron chi connectivity index (χ1n) is 7.73. The Kier molecular flexibility index (Phi) is 7.51. The van der Waals surface area contributed by atoms with E-state index in [1.807, 2.05) is 0 Å². The lowest BCUT2D eigenvalue weighted by Crippen LogP contribution is -2.28. The Morgan fingerprint density at radius 3 is 2.43 bits per heavy atom. The number of nitrogens with one attached hydrogen (secondary N) is 1. The van der Waals surface area contributed by atoms with Crippen LogP contribution in [0.1, 0.15) is 60.2 Å². The summed E-state index contributed by atoms with van der Waals surface area (Å²) in [6.45, 7) is 5.59. The van der Waals surface area contributed by atoms with Crippen LogP contribution in [0.4, 0.5) is 0 Å². The van der Waals surface area contributed by atoms with Crippen LogP contribution in [0.25, 0.3) is 0 Å². The largest absolute Gasteiger partial charge is 0.352 e. The van der Waals surface area contributed by atoms with Crippen LogP contribution in [0.15, 0.2) is 24.3 Å². The molecule has 0 spiro atoms. The zero-order chi connectivity index (χ0) is 15.7. The van der Waals surface area contributed by atoms with Crippen LogP contribution >= 0.6 is 0 Å². The van der Waals surface area contributed by atoms with E-state index < -0.39 is 0 Å².